The third-order valence-electron chi connectivity index (χ3n) is 3.28. The Balaban J connectivity index is 1.82. The lowest BCUT2D eigenvalue weighted by molar-refractivity contribution is -0.274. The van der Waals surface area contributed by atoms with Crippen LogP contribution in [0.2, 0.25) is 0 Å². The second kappa shape index (κ2) is 7.72. The van der Waals surface area contributed by atoms with Crippen molar-refractivity contribution >= 4 is 11.6 Å². The number of likely N-dealkylation sites (N-methyl/N-ethyl adjacent to an activating group) is 1. The molecule has 0 aliphatic heterocycles. The average Bonchev–Trinajstić information content (AvgIpc) is 2.54. The summed E-state index contributed by atoms with van der Waals surface area (Å²) in [5.74, 6) is -0.710. The van der Waals surface area contributed by atoms with E-state index in [1.54, 1.807) is 0 Å². The van der Waals surface area contributed by atoms with Crippen molar-refractivity contribution in [3.8, 4) is 5.75 Å². The first-order valence-corrected chi connectivity index (χ1v) is 7.25. The first-order valence-electron chi connectivity index (χ1n) is 7.25. The third kappa shape index (κ3) is 5.49. The van der Waals surface area contributed by atoms with Crippen molar-refractivity contribution in [3.05, 3.63) is 60.2 Å². The van der Waals surface area contributed by atoms with E-state index in [1.165, 1.54) is 12.1 Å². The normalized spacial score (nSPS) is 11.0. The van der Waals surface area contributed by atoms with Crippen molar-refractivity contribution in [1.82, 2.24) is 5.32 Å². The fourth-order valence-corrected chi connectivity index (χ4v) is 2.06. The highest BCUT2D eigenvalue weighted by Gasteiger charge is 2.31. The molecule has 0 heterocycles. The number of nitrogens with zero attached hydrogens (tertiary/aromatic N) is 1. The van der Waals surface area contributed by atoms with Crippen molar-refractivity contribution in [2.24, 2.45) is 0 Å². The predicted molar refractivity (Wildman–Crippen MR) is 85.2 cm³/mol. The molecule has 0 atom stereocenters. The van der Waals surface area contributed by atoms with Crippen LogP contribution in [-0.4, -0.2) is 32.4 Å². The Morgan fingerprint density at radius 1 is 1.08 bits per heavy atom. The molecule has 0 saturated heterocycles. The van der Waals surface area contributed by atoms with E-state index in [0.29, 0.717) is 13.1 Å². The van der Waals surface area contributed by atoms with Crippen LogP contribution in [0.5, 0.6) is 5.75 Å². The lowest BCUT2D eigenvalue weighted by Crippen LogP contribution is -2.32. The number of hydrogen-bond donors (Lipinski definition) is 1. The molecule has 0 aliphatic carbocycles. The van der Waals surface area contributed by atoms with Gasteiger partial charge in [0, 0.05) is 31.4 Å². The number of nitrogens with one attached hydrogen (secondary N) is 1. The lowest BCUT2D eigenvalue weighted by Gasteiger charge is -2.19. The summed E-state index contributed by atoms with van der Waals surface area (Å²) in [6, 6.07) is 14.5. The van der Waals surface area contributed by atoms with Gasteiger partial charge in [0.05, 0.1) is 0 Å². The monoisotopic (exact) mass is 338 g/mol. The highest BCUT2D eigenvalue weighted by Crippen LogP contribution is 2.22. The van der Waals surface area contributed by atoms with Gasteiger partial charge < -0.3 is 15.0 Å². The summed E-state index contributed by atoms with van der Waals surface area (Å²) < 4.78 is 40.0. The molecule has 2 aromatic rings. The van der Waals surface area contributed by atoms with Crippen LogP contribution in [0.25, 0.3) is 0 Å². The minimum atomic E-state index is -4.74. The summed E-state index contributed by atoms with van der Waals surface area (Å²) in [4.78, 5) is 14.0. The molecule has 0 spiro atoms. The van der Waals surface area contributed by atoms with Gasteiger partial charge in [0.1, 0.15) is 5.75 Å². The van der Waals surface area contributed by atoms with Crippen molar-refractivity contribution in [2.45, 2.75) is 6.36 Å². The Morgan fingerprint density at radius 2 is 1.71 bits per heavy atom. The Bertz CT molecular complexity index is 658. The summed E-state index contributed by atoms with van der Waals surface area (Å²) in [5, 5.41) is 2.72. The molecular weight excluding hydrogens is 321 g/mol. The van der Waals surface area contributed by atoms with E-state index in [1.807, 2.05) is 42.3 Å². The molecule has 128 valence electrons. The van der Waals surface area contributed by atoms with E-state index in [2.05, 4.69) is 10.1 Å². The van der Waals surface area contributed by atoms with Gasteiger partial charge in [-0.05, 0) is 36.4 Å². The topological polar surface area (TPSA) is 41.6 Å². The van der Waals surface area contributed by atoms with Crippen molar-refractivity contribution in [1.29, 1.82) is 0 Å². The van der Waals surface area contributed by atoms with Gasteiger partial charge in [-0.2, -0.15) is 0 Å². The molecule has 1 amide bonds. The van der Waals surface area contributed by atoms with Gasteiger partial charge in [-0.15, -0.1) is 13.2 Å². The zero-order valence-electron chi connectivity index (χ0n) is 13.0. The van der Waals surface area contributed by atoms with Crippen LogP contribution in [0.4, 0.5) is 18.9 Å². The molecule has 0 aromatic heterocycles. The van der Waals surface area contributed by atoms with Gasteiger partial charge in [-0.25, -0.2) is 0 Å². The van der Waals surface area contributed by atoms with E-state index < -0.39 is 6.36 Å². The first kappa shape index (κ1) is 17.7. The maximum atomic E-state index is 12.1. The highest BCUT2D eigenvalue weighted by molar-refractivity contribution is 5.94. The molecule has 2 aromatic carbocycles. The molecule has 0 bridgehead atoms. The van der Waals surface area contributed by atoms with Gasteiger partial charge in [-0.1, -0.05) is 18.2 Å². The van der Waals surface area contributed by atoms with Gasteiger partial charge >= 0.3 is 6.36 Å². The molecule has 0 saturated carbocycles. The molecule has 0 aliphatic rings. The summed E-state index contributed by atoms with van der Waals surface area (Å²) >= 11 is 0. The molecule has 4 nitrogen and oxygen atoms in total. The second-order valence-electron chi connectivity index (χ2n) is 5.09. The zero-order valence-corrected chi connectivity index (χ0v) is 13.0. The Morgan fingerprint density at radius 3 is 2.29 bits per heavy atom. The minimum Gasteiger partial charge on any atom is -0.406 e. The standard InChI is InChI=1S/C17H17F3N2O2/c1-22(14-5-3-2-4-6-14)12-11-21-16(23)13-7-9-15(10-8-13)24-17(18,19)20/h2-10H,11-12H2,1H3,(H,21,23). The lowest BCUT2D eigenvalue weighted by atomic mass is 10.2. The average molecular weight is 338 g/mol. The SMILES string of the molecule is CN(CCNC(=O)c1ccc(OC(F)(F)F)cc1)c1ccccc1. The Hall–Kier alpha value is -2.70. The Kier molecular flexibility index (Phi) is 5.68. The van der Waals surface area contributed by atoms with Crippen LogP contribution in [-0.2, 0) is 0 Å². The Labute approximate surface area is 137 Å². The second-order valence-corrected chi connectivity index (χ2v) is 5.09. The number of carbonyl (C=O) groups is 1. The van der Waals surface area contributed by atoms with E-state index in [0.717, 1.165) is 17.8 Å². The van der Waals surface area contributed by atoms with E-state index >= 15 is 0 Å². The molecular formula is C17H17F3N2O2. The maximum Gasteiger partial charge on any atom is 0.573 e. The summed E-state index contributed by atoms with van der Waals surface area (Å²) in [7, 11) is 1.91. The van der Waals surface area contributed by atoms with Gasteiger partial charge in [0.25, 0.3) is 5.91 Å². The van der Waals surface area contributed by atoms with Gasteiger partial charge in [-0.3, -0.25) is 4.79 Å². The largest absolute Gasteiger partial charge is 0.573 e. The zero-order chi connectivity index (χ0) is 17.6. The number of anilines is 1. The van der Waals surface area contributed by atoms with Crippen molar-refractivity contribution in [3.63, 3.8) is 0 Å². The van der Waals surface area contributed by atoms with Crippen molar-refractivity contribution < 1.29 is 22.7 Å². The molecule has 1 N–H and O–H groups in total. The number of ether oxygens (including phenoxy) is 1. The van der Waals surface area contributed by atoms with Crippen LogP contribution in [0, 0.1) is 0 Å². The third-order valence-corrected chi connectivity index (χ3v) is 3.28. The molecule has 0 radical (unpaired) electrons. The van der Waals surface area contributed by atoms with E-state index in [-0.39, 0.29) is 17.2 Å². The summed E-state index contributed by atoms with van der Waals surface area (Å²) in [6.07, 6.45) is -4.74. The molecule has 0 fully saturated rings. The summed E-state index contributed by atoms with van der Waals surface area (Å²) in [5.41, 5.74) is 1.30. The summed E-state index contributed by atoms with van der Waals surface area (Å²) in [6.45, 7) is 1.01. The quantitative estimate of drug-likeness (QED) is 0.877. The predicted octanol–water partition coefficient (Wildman–Crippen LogP) is 3.45. The number of halogens is 3. The highest BCUT2D eigenvalue weighted by atomic mass is 19.4. The van der Waals surface area contributed by atoms with Crippen LogP contribution < -0.4 is 15.0 Å². The van der Waals surface area contributed by atoms with Gasteiger partial charge in [0.15, 0.2) is 0 Å². The smallest absolute Gasteiger partial charge is 0.406 e. The number of rotatable bonds is 6. The van der Waals surface area contributed by atoms with E-state index in [4.69, 9.17) is 0 Å². The minimum absolute atomic E-state index is 0.270. The van der Waals surface area contributed by atoms with Crippen LogP contribution >= 0.6 is 0 Å². The number of hydrogen-bond acceptors (Lipinski definition) is 3. The molecule has 2 rings (SSSR count). The molecule has 0 unspecified atom stereocenters. The molecule has 7 heteroatoms. The number of para-hydroxylation sites is 1. The van der Waals surface area contributed by atoms with Gasteiger partial charge in [0.2, 0.25) is 0 Å². The number of carbonyl (C=O) groups excluding carboxylic acids is 1. The van der Waals surface area contributed by atoms with Crippen LogP contribution in [0.15, 0.2) is 54.6 Å². The maximum absolute atomic E-state index is 12.1. The van der Waals surface area contributed by atoms with Crippen LogP contribution in [0.1, 0.15) is 10.4 Å². The van der Waals surface area contributed by atoms with E-state index in [9.17, 15) is 18.0 Å². The number of benzene rings is 2. The van der Waals surface area contributed by atoms with Crippen molar-refractivity contribution in [2.75, 3.05) is 25.0 Å². The first-order chi connectivity index (χ1) is 11.3. The molecule has 24 heavy (non-hydrogen) atoms. The number of alkyl halides is 3. The fourth-order valence-electron chi connectivity index (χ4n) is 2.06. The fraction of sp³-hybridized carbons (Fsp3) is 0.235. The van der Waals surface area contributed by atoms with Crippen LogP contribution in [0.3, 0.4) is 0 Å². The number of amides is 1.